The maximum atomic E-state index is 10.6. The Hall–Kier alpha value is -1.14. The SMILES string of the molecule is NCOC(=O)CCC(=O)OCO. The standard InChI is InChI=1S/C6H11NO5/c7-3-11-5(9)1-2-6(10)12-4-8/h8H,1-4,7H2. The number of ether oxygens (including phenoxy) is 2. The van der Waals surface area contributed by atoms with Crippen LogP contribution in [-0.2, 0) is 19.1 Å². The lowest BCUT2D eigenvalue weighted by atomic mass is 10.3. The second-order valence-electron chi connectivity index (χ2n) is 1.83. The molecule has 0 rings (SSSR count). The van der Waals surface area contributed by atoms with Crippen LogP contribution >= 0.6 is 0 Å². The number of carbonyl (C=O) groups is 2. The van der Waals surface area contributed by atoms with E-state index in [1.165, 1.54) is 0 Å². The molecule has 0 aliphatic carbocycles. The van der Waals surface area contributed by atoms with Crippen LogP contribution < -0.4 is 5.73 Å². The van der Waals surface area contributed by atoms with Gasteiger partial charge in [-0.3, -0.25) is 15.3 Å². The van der Waals surface area contributed by atoms with Gasteiger partial charge < -0.3 is 14.6 Å². The molecule has 6 heteroatoms. The normalized spacial score (nSPS) is 9.17. The third kappa shape index (κ3) is 5.63. The first-order valence-corrected chi connectivity index (χ1v) is 3.33. The lowest BCUT2D eigenvalue weighted by Crippen LogP contribution is -2.14. The zero-order valence-electron chi connectivity index (χ0n) is 6.49. The second-order valence-corrected chi connectivity index (χ2v) is 1.83. The maximum absolute atomic E-state index is 10.6. The molecule has 0 saturated carbocycles. The van der Waals surface area contributed by atoms with Crippen LogP contribution in [-0.4, -0.2) is 30.6 Å². The molecule has 0 saturated heterocycles. The Bertz CT molecular complexity index is 140. The molecule has 0 aliphatic heterocycles. The van der Waals surface area contributed by atoms with E-state index in [0.717, 1.165) is 0 Å². The lowest BCUT2D eigenvalue weighted by Gasteiger charge is -2.00. The van der Waals surface area contributed by atoms with Crippen molar-refractivity contribution in [1.82, 2.24) is 0 Å². The van der Waals surface area contributed by atoms with Crippen molar-refractivity contribution < 1.29 is 24.2 Å². The molecule has 70 valence electrons. The predicted molar refractivity (Wildman–Crippen MR) is 37.6 cm³/mol. The van der Waals surface area contributed by atoms with E-state index in [2.05, 4.69) is 9.47 Å². The zero-order valence-corrected chi connectivity index (χ0v) is 6.49. The molecule has 0 aromatic carbocycles. The van der Waals surface area contributed by atoms with Gasteiger partial charge in [-0.25, -0.2) is 0 Å². The molecule has 0 atom stereocenters. The summed E-state index contributed by atoms with van der Waals surface area (Å²) in [4.78, 5) is 21.1. The summed E-state index contributed by atoms with van der Waals surface area (Å²) < 4.78 is 8.49. The van der Waals surface area contributed by atoms with E-state index < -0.39 is 18.7 Å². The summed E-state index contributed by atoms with van der Waals surface area (Å²) in [5, 5.41) is 8.13. The number of esters is 2. The number of hydrogen-bond donors (Lipinski definition) is 2. The Morgan fingerprint density at radius 1 is 1.17 bits per heavy atom. The van der Waals surface area contributed by atoms with Crippen LogP contribution in [0.1, 0.15) is 12.8 Å². The second kappa shape index (κ2) is 6.56. The molecule has 0 aromatic heterocycles. The van der Waals surface area contributed by atoms with E-state index in [1.54, 1.807) is 0 Å². The molecule has 6 nitrogen and oxygen atoms in total. The highest BCUT2D eigenvalue weighted by Gasteiger charge is 2.07. The van der Waals surface area contributed by atoms with Crippen LogP contribution in [0.2, 0.25) is 0 Å². The van der Waals surface area contributed by atoms with E-state index in [1.807, 2.05) is 0 Å². The molecule has 0 fully saturated rings. The van der Waals surface area contributed by atoms with Crippen molar-refractivity contribution in [3.05, 3.63) is 0 Å². The molecule has 0 aromatic rings. The topological polar surface area (TPSA) is 98.9 Å². The molecule has 0 bridgehead atoms. The summed E-state index contributed by atoms with van der Waals surface area (Å²) in [6, 6.07) is 0. The third-order valence-corrected chi connectivity index (χ3v) is 1.00. The zero-order chi connectivity index (χ0) is 9.40. The fraction of sp³-hybridized carbons (Fsp3) is 0.667. The summed E-state index contributed by atoms with van der Waals surface area (Å²) in [6.07, 6.45) is -0.199. The Labute approximate surface area is 69.2 Å². The van der Waals surface area contributed by atoms with Gasteiger partial charge in [-0.15, -0.1) is 0 Å². The van der Waals surface area contributed by atoms with Gasteiger partial charge >= 0.3 is 11.9 Å². The molecule has 0 aliphatic rings. The Morgan fingerprint density at radius 3 is 2.08 bits per heavy atom. The van der Waals surface area contributed by atoms with Crippen molar-refractivity contribution in [2.45, 2.75) is 12.8 Å². The predicted octanol–water partition coefficient (Wildman–Crippen LogP) is -1.28. The number of hydrogen-bond acceptors (Lipinski definition) is 6. The summed E-state index contributed by atoms with van der Waals surface area (Å²) in [5.74, 6) is -1.21. The van der Waals surface area contributed by atoms with E-state index in [-0.39, 0.29) is 19.6 Å². The van der Waals surface area contributed by atoms with Gasteiger partial charge in [-0.1, -0.05) is 0 Å². The molecule has 0 radical (unpaired) electrons. The first-order chi connectivity index (χ1) is 5.70. The largest absolute Gasteiger partial charge is 0.450 e. The quantitative estimate of drug-likeness (QED) is 0.401. The minimum absolute atomic E-state index is 0.0873. The minimum atomic E-state index is -0.676. The monoisotopic (exact) mass is 177 g/mol. The average Bonchev–Trinajstić information content (AvgIpc) is 2.02. The van der Waals surface area contributed by atoms with E-state index in [9.17, 15) is 9.59 Å². The van der Waals surface area contributed by atoms with Crippen LogP contribution in [0.3, 0.4) is 0 Å². The minimum Gasteiger partial charge on any atom is -0.450 e. The van der Waals surface area contributed by atoms with E-state index in [4.69, 9.17) is 10.8 Å². The molecule has 0 unspecified atom stereocenters. The van der Waals surface area contributed by atoms with Crippen molar-refractivity contribution in [3.8, 4) is 0 Å². The fourth-order valence-corrected chi connectivity index (χ4v) is 0.513. The van der Waals surface area contributed by atoms with Gasteiger partial charge in [0.1, 0.15) is 6.73 Å². The molecule has 3 N–H and O–H groups in total. The van der Waals surface area contributed by atoms with Gasteiger partial charge in [-0.2, -0.15) is 0 Å². The number of rotatable bonds is 5. The lowest BCUT2D eigenvalue weighted by molar-refractivity contribution is -0.155. The number of carbonyl (C=O) groups excluding carboxylic acids is 2. The highest BCUT2D eigenvalue weighted by Crippen LogP contribution is 1.94. The van der Waals surface area contributed by atoms with Gasteiger partial charge in [0.2, 0.25) is 0 Å². The highest BCUT2D eigenvalue weighted by molar-refractivity contribution is 5.77. The van der Waals surface area contributed by atoms with E-state index in [0.29, 0.717) is 0 Å². The van der Waals surface area contributed by atoms with Crippen molar-refractivity contribution in [2.75, 3.05) is 13.5 Å². The molecule has 0 heterocycles. The van der Waals surface area contributed by atoms with Gasteiger partial charge in [0.25, 0.3) is 0 Å². The fourth-order valence-electron chi connectivity index (χ4n) is 0.513. The molecule has 0 amide bonds. The van der Waals surface area contributed by atoms with Crippen molar-refractivity contribution in [2.24, 2.45) is 5.73 Å². The summed E-state index contributed by atoms with van der Waals surface area (Å²) >= 11 is 0. The van der Waals surface area contributed by atoms with Gasteiger partial charge in [0, 0.05) is 0 Å². The Morgan fingerprint density at radius 2 is 1.67 bits per heavy atom. The van der Waals surface area contributed by atoms with Crippen LogP contribution in [0, 0.1) is 0 Å². The van der Waals surface area contributed by atoms with Gasteiger partial charge in [-0.05, 0) is 0 Å². The highest BCUT2D eigenvalue weighted by atomic mass is 16.6. The van der Waals surface area contributed by atoms with Gasteiger partial charge in [0.05, 0.1) is 12.8 Å². The number of aliphatic hydroxyl groups is 1. The third-order valence-electron chi connectivity index (χ3n) is 1.00. The number of aliphatic hydroxyl groups excluding tert-OH is 1. The summed E-state index contributed by atoms with van der Waals surface area (Å²) in [5.41, 5.74) is 4.90. The van der Waals surface area contributed by atoms with Crippen molar-refractivity contribution >= 4 is 11.9 Å². The summed E-state index contributed by atoms with van der Waals surface area (Å²) in [7, 11) is 0. The summed E-state index contributed by atoms with van der Waals surface area (Å²) in [6.45, 7) is -0.876. The number of nitrogens with two attached hydrogens (primary N) is 1. The van der Waals surface area contributed by atoms with Crippen LogP contribution in [0.5, 0.6) is 0 Å². The van der Waals surface area contributed by atoms with Crippen molar-refractivity contribution in [1.29, 1.82) is 0 Å². The van der Waals surface area contributed by atoms with Crippen LogP contribution in [0.15, 0.2) is 0 Å². The van der Waals surface area contributed by atoms with Crippen LogP contribution in [0.25, 0.3) is 0 Å². The van der Waals surface area contributed by atoms with Gasteiger partial charge in [0.15, 0.2) is 6.79 Å². The Kier molecular flexibility index (Phi) is 5.94. The molecule has 0 spiro atoms. The smallest absolute Gasteiger partial charge is 0.308 e. The molecular weight excluding hydrogens is 166 g/mol. The first kappa shape index (κ1) is 10.9. The van der Waals surface area contributed by atoms with Crippen LogP contribution in [0.4, 0.5) is 0 Å². The maximum Gasteiger partial charge on any atom is 0.308 e. The first-order valence-electron chi connectivity index (χ1n) is 3.33. The molecular formula is C6H11NO5. The Balaban J connectivity index is 3.40. The van der Waals surface area contributed by atoms with E-state index >= 15 is 0 Å². The molecule has 12 heavy (non-hydrogen) atoms. The average molecular weight is 177 g/mol. The van der Waals surface area contributed by atoms with Crippen molar-refractivity contribution in [3.63, 3.8) is 0 Å².